The normalized spacial score (nSPS) is 14.7. The van der Waals surface area contributed by atoms with Gasteiger partial charge in [0.15, 0.2) is 23.3 Å². The van der Waals surface area contributed by atoms with Crippen LogP contribution in [0.1, 0.15) is 11.1 Å². The van der Waals surface area contributed by atoms with Crippen molar-refractivity contribution >= 4 is 40.5 Å². The van der Waals surface area contributed by atoms with E-state index in [-0.39, 0.29) is 23.6 Å². The molecule has 0 atom stereocenters. The highest BCUT2D eigenvalue weighted by atomic mass is 32.2. The third kappa shape index (κ3) is 4.92. The number of aliphatic imine (C=N–C) groups is 1. The van der Waals surface area contributed by atoms with Gasteiger partial charge in [-0.3, -0.25) is 9.59 Å². The average Bonchev–Trinajstić information content (AvgIpc) is 2.99. The zero-order valence-corrected chi connectivity index (χ0v) is 16.2. The number of thioether (sulfide) groups is 1. The minimum absolute atomic E-state index is 0.163. The minimum atomic E-state index is -0.366. The van der Waals surface area contributed by atoms with Gasteiger partial charge < -0.3 is 20.5 Å². The van der Waals surface area contributed by atoms with E-state index in [2.05, 4.69) is 10.3 Å². The van der Waals surface area contributed by atoms with Gasteiger partial charge in [0, 0.05) is 5.69 Å². The number of benzene rings is 2. The molecule has 0 saturated carbocycles. The molecule has 0 aromatic heterocycles. The second kappa shape index (κ2) is 8.62. The highest BCUT2D eigenvalue weighted by Crippen LogP contribution is 2.31. The summed E-state index contributed by atoms with van der Waals surface area (Å²) in [5.41, 5.74) is 8.09. The summed E-state index contributed by atoms with van der Waals surface area (Å²) in [5.74, 6) is 0.221. The summed E-state index contributed by atoms with van der Waals surface area (Å²) in [6.45, 7) is 1.81. The van der Waals surface area contributed by atoms with Crippen LogP contribution < -0.4 is 20.5 Å². The Morgan fingerprint density at radius 1 is 1.21 bits per heavy atom. The second-order valence-electron chi connectivity index (χ2n) is 5.98. The summed E-state index contributed by atoms with van der Waals surface area (Å²) in [4.78, 5) is 27.9. The molecule has 1 aliphatic rings. The van der Waals surface area contributed by atoms with E-state index in [1.807, 2.05) is 31.2 Å². The molecule has 2 amide bonds. The van der Waals surface area contributed by atoms with Gasteiger partial charge in [-0.05, 0) is 54.6 Å². The molecule has 0 fully saturated rings. The molecule has 7 nitrogen and oxygen atoms in total. The lowest BCUT2D eigenvalue weighted by molar-refractivity contribution is -0.118. The number of carbonyl (C=O) groups is 2. The quantitative estimate of drug-likeness (QED) is 0.727. The Balaban J connectivity index is 1.64. The van der Waals surface area contributed by atoms with Crippen molar-refractivity contribution in [3.63, 3.8) is 0 Å². The van der Waals surface area contributed by atoms with Crippen LogP contribution in [-0.2, 0) is 9.59 Å². The molecule has 3 N–H and O–H groups in total. The van der Waals surface area contributed by atoms with E-state index in [0.29, 0.717) is 22.1 Å². The van der Waals surface area contributed by atoms with Gasteiger partial charge >= 0.3 is 0 Å². The van der Waals surface area contributed by atoms with Crippen LogP contribution >= 0.6 is 11.8 Å². The molecule has 0 radical (unpaired) electrons. The maximum atomic E-state index is 12.1. The van der Waals surface area contributed by atoms with E-state index in [4.69, 9.17) is 15.2 Å². The minimum Gasteiger partial charge on any atom is -0.493 e. The zero-order valence-electron chi connectivity index (χ0n) is 15.4. The van der Waals surface area contributed by atoms with Crippen LogP contribution in [0.3, 0.4) is 0 Å². The molecule has 0 aliphatic carbocycles. The fraction of sp³-hybridized carbons (Fsp3) is 0.150. The standard InChI is InChI=1S/C20H19N3O4S/c1-12-3-6-14(7-4-12)22-18(24)11-27-15-8-5-13(9-16(15)26-2)10-17-19(25)23-20(21)28-17/h3-10H,11H2,1-2H3,(H,22,24)(H2,21,23,25)/b17-10+. The molecule has 28 heavy (non-hydrogen) atoms. The number of aryl methyl sites for hydroxylation is 1. The monoisotopic (exact) mass is 397 g/mol. The van der Waals surface area contributed by atoms with Gasteiger partial charge in [0.2, 0.25) is 0 Å². The summed E-state index contributed by atoms with van der Waals surface area (Å²) < 4.78 is 10.9. The number of nitrogens with two attached hydrogens (primary N) is 1. The average molecular weight is 397 g/mol. The van der Waals surface area contributed by atoms with E-state index in [1.165, 1.54) is 7.11 Å². The van der Waals surface area contributed by atoms with E-state index < -0.39 is 0 Å². The van der Waals surface area contributed by atoms with Crippen molar-refractivity contribution in [3.05, 3.63) is 58.5 Å². The van der Waals surface area contributed by atoms with Gasteiger partial charge in [-0.25, -0.2) is 0 Å². The van der Waals surface area contributed by atoms with E-state index >= 15 is 0 Å². The Morgan fingerprint density at radius 3 is 2.61 bits per heavy atom. The first-order chi connectivity index (χ1) is 13.4. The van der Waals surface area contributed by atoms with Crippen molar-refractivity contribution in [1.82, 2.24) is 0 Å². The molecule has 0 saturated heterocycles. The van der Waals surface area contributed by atoms with Crippen LogP contribution in [0.5, 0.6) is 11.5 Å². The number of rotatable bonds is 6. The molecule has 1 aliphatic heterocycles. The number of ether oxygens (including phenoxy) is 2. The van der Waals surface area contributed by atoms with Crippen LogP contribution in [0.2, 0.25) is 0 Å². The Hall–Kier alpha value is -3.26. The largest absolute Gasteiger partial charge is 0.493 e. The number of hydrogen-bond acceptors (Lipinski definition) is 6. The molecular formula is C20H19N3O4S. The van der Waals surface area contributed by atoms with Gasteiger partial charge in [0.25, 0.3) is 11.8 Å². The SMILES string of the molecule is COc1cc(/C=C2/SC(N)=NC2=O)ccc1OCC(=O)Nc1ccc(C)cc1. The van der Waals surface area contributed by atoms with E-state index in [9.17, 15) is 9.59 Å². The fourth-order valence-electron chi connectivity index (χ4n) is 2.45. The third-order valence-electron chi connectivity index (χ3n) is 3.82. The predicted molar refractivity (Wildman–Crippen MR) is 110 cm³/mol. The van der Waals surface area contributed by atoms with Crippen LogP contribution in [0.4, 0.5) is 5.69 Å². The fourth-order valence-corrected chi connectivity index (χ4v) is 3.13. The molecule has 0 unspecified atom stereocenters. The van der Waals surface area contributed by atoms with Crippen LogP contribution in [-0.4, -0.2) is 30.7 Å². The third-order valence-corrected chi connectivity index (χ3v) is 4.63. The van der Waals surface area contributed by atoms with Crippen molar-refractivity contribution in [1.29, 1.82) is 0 Å². The maximum absolute atomic E-state index is 12.1. The number of anilines is 1. The predicted octanol–water partition coefficient (Wildman–Crippen LogP) is 2.95. The smallest absolute Gasteiger partial charge is 0.286 e. The van der Waals surface area contributed by atoms with Crippen LogP contribution in [0, 0.1) is 6.92 Å². The van der Waals surface area contributed by atoms with E-state index in [1.54, 1.807) is 24.3 Å². The van der Waals surface area contributed by atoms with Crippen molar-refractivity contribution in [2.45, 2.75) is 6.92 Å². The Labute approximate surface area is 166 Å². The van der Waals surface area contributed by atoms with Crippen molar-refractivity contribution in [3.8, 4) is 11.5 Å². The molecule has 8 heteroatoms. The highest BCUT2D eigenvalue weighted by Gasteiger charge is 2.19. The van der Waals surface area contributed by atoms with Crippen molar-refractivity contribution in [2.75, 3.05) is 19.0 Å². The summed E-state index contributed by atoms with van der Waals surface area (Å²) >= 11 is 1.12. The summed E-state index contributed by atoms with van der Waals surface area (Å²) in [6.07, 6.45) is 1.67. The van der Waals surface area contributed by atoms with Gasteiger partial charge in [0.05, 0.1) is 12.0 Å². The number of amidine groups is 1. The lowest BCUT2D eigenvalue weighted by Gasteiger charge is -2.12. The molecule has 2 aromatic carbocycles. The number of amides is 2. The molecule has 0 bridgehead atoms. The van der Waals surface area contributed by atoms with Gasteiger partial charge in [-0.2, -0.15) is 4.99 Å². The number of methoxy groups -OCH3 is 1. The molecule has 0 spiro atoms. The maximum Gasteiger partial charge on any atom is 0.286 e. The van der Waals surface area contributed by atoms with Crippen LogP contribution in [0.25, 0.3) is 6.08 Å². The molecule has 3 rings (SSSR count). The summed E-state index contributed by atoms with van der Waals surface area (Å²) in [7, 11) is 1.50. The van der Waals surface area contributed by atoms with Crippen molar-refractivity contribution in [2.24, 2.45) is 10.7 Å². The van der Waals surface area contributed by atoms with Gasteiger partial charge in [0.1, 0.15) is 0 Å². The Kier molecular flexibility index (Phi) is 6.00. The first-order valence-electron chi connectivity index (χ1n) is 8.40. The number of hydrogen-bond donors (Lipinski definition) is 2. The number of carbonyl (C=O) groups excluding carboxylic acids is 2. The van der Waals surface area contributed by atoms with Crippen LogP contribution in [0.15, 0.2) is 52.4 Å². The number of nitrogens with one attached hydrogen (secondary N) is 1. The first kappa shape index (κ1) is 19.5. The molecule has 1 heterocycles. The Bertz CT molecular complexity index is 968. The highest BCUT2D eigenvalue weighted by molar-refractivity contribution is 8.18. The first-order valence-corrected chi connectivity index (χ1v) is 9.21. The van der Waals surface area contributed by atoms with Crippen molar-refractivity contribution < 1.29 is 19.1 Å². The summed E-state index contributed by atoms with van der Waals surface area (Å²) in [5, 5.41) is 2.99. The van der Waals surface area contributed by atoms with Gasteiger partial charge in [-0.1, -0.05) is 23.8 Å². The lowest BCUT2D eigenvalue weighted by atomic mass is 10.2. The topological polar surface area (TPSA) is 103 Å². The molecule has 2 aromatic rings. The second-order valence-corrected chi connectivity index (χ2v) is 7.04. The zero-order chi connectivity index (χ0) is 20.1. The molecule has 144 valence electrons. The molecular weight excluding hydrogens is 378 g/mol. The lowest BCUT2D eigenvalue weighted by Crippen LogP contribution is -2.20. The van der Waals surface area contributed by atoms with Gasteiger partial charge in [-0.15, -0.1) is 0 Å². The van der Waals surface area contributed by atoms with E-state index in [0.717, 1.165) is 22.9 Å². The Morgan fingerprint density at radius 2 is 1.96 bits per heavy atom. The summed E-state index contributed by atoms with van der Waals surface area (Å²) in [6, 6.07) is 12.6. The number of nitrogens with zero attached hydrogens (tertiary/aromatic N) is 1.